The van der Waals surface area contributed by atoms with Gasteiger partial charge >= 0.3 is 5.76 Å². The molecule has 0 aliphatic rings. The number of anilines is 1. The Morgan fingerprint density at radius 3 is 2.44 bits per heavy atom. The molecule has 140 valence electrons. The van der Waals surface area contributed by atoms with Gasteiger partial charge < -0.3 is 5.32 Å². The van der Waals surface area contributed by atoms with Gasteiger partial charge in [-0.2, -0.15) is 13.5 Å². The van der Waals surface area contributed by atoms with Gasteiger partial charge in [0.2, 0.25) is 9.84 Å². The van der Waals surface area contributed by atoms with Gasteiger partial charge in [0.05, 0.1) is 10.6 Å². The van der Waals surface area contributed by atoms with E-state index in [4.69, 9.17) is 0 Å². The van der Waals surface area contributed by atoms with Crippen molar-refractivity contribution < 1.29 is 22.0 Å². The summed E-state index contributed by atoms with van der Waals surface area (Å²) in [5.74, 6) is -3.48. The number of sulfone groups is 1. The van der Waals surface area contributed by atoms with Crippen LogP contribution in [0, 0.1) is 6.92 Å². The number of benzene rings is 2. The second-order valence-electron chi connectivity index (χ2n) is 5.47. The number of amides is 1. The molecule has 8 nitrogen and oxygen atoms in total. The highest BCUT2D eigenvalue weighted by Gasteiger charge is 2.26. The second kappa shape index (κ2) is 7.19. The van der Waals surface area contributed by atoms with Crippen molar-refractivity contribution in [3.63, 3.8) is 0 Å². The fourth-order valence-electron chi connectivity index (χ4n) is 2.29. The van der Waals surface area contributed by atoms with Gasteiger partial charge in [0.15, 0.2) is 5.82 Å². The van der Waals surface area contributed by atoms with Crippen molar-refractivity contribution in [2.75, 3.05) is 5.32 Å². The molecule has 1 aromatic heterocycles. The van der Waals surface area contributed by atoms with Crippen molar-refractivity contribution >= 4 is 21.4 Å². The van der Waals surface area contributed by atoms with E-state index in [9.17, 15) is 22.0 Å². The maximum atomic E-state index is 12.5. The number of rotatable bonds is 5. The zero-order valence-corrected chi connectivity index (χ0v) is 14.7. The number of carbonyl (C=O) groups is 1. The molecule has 0 aliphatic carbocycles. The lowest BCUT2D eigenvalue weighted by Crippen LogP contribution is -2.14. The Bertz CT molecular complexity index is 1080. The van der Waals surface area contributed by atoms with Crippen LogP contribution in [0.5, 0.6) is 0 Å². The molecule has 2 aromatic carbocycles. The number of tetrazole rings is 1. The Morgan fingerprint density at radius 2 is 1.85 bits per heavy atom. The molecule has 0 saturated carbocycles. The van der Waals surface area contributed by atoms with E-state index in [1.807, 2.05) is 0 Å². The zero-order chi connectivity index (χ0) is 19.6. The van der Waals surface area contributed by atoms with E-state index in [1.165, 1.54) is 16.8 Å². The predicted octanol–water partition coefficient (Wildman–Crippen LogP) is 2.22. The molecule has 11 heteroatoms. The minimum absolute atomic E-state index is 0.118. The zero-order valence-electron chi connectivity index (χ0n) is 13.9. The molecule has 3 rings (SSSR count). The average molecular weight is 393 g/mol. The van der Waals surface area contributed by atoms with Crippen LogP contribution in [0.2, 0.25) is 0 Å². The lowest BCUT2D eigenvalue weighted by Gasteiger charge is -2.08. The number of alkyl halides is 2. The summed E-state index contributed by atoms with van der Waals surface area (Å²) in [7, 11) is -4.70. The molecule has 0 atom stereocenters. The molecular formula is C16H13F2N5O3S. The highest BCUT2D eigenvalue weighted by Crippen LogP contribution is 2.20. The molecule has 1 heterocycles. The molecule has 1 N–H and O–H groups in total. The van der Waals surface area contributed by atoms with Crippen molar-refractivity contribution in [2.45, 2.75) is 17.6 Å². The van der Waals surface area contributed by atoms with E-state index in [2.05, 4.69) is 20.8 Å². The molecule has 0 bridgehead atoms. The topological polar surface area (TPSA) is 107 Å². The molecule has 1 amide bonds. The first-order valence-electron chi connectivity index (χ1n) is 7.58. The lowest BCUT2D eigenvalue weighted by molar-refractivity contribution is 0.102. The largest absolute Gasteiger partial charge is 0.341 e. The van der Waals surface area contributed by atoms with Crippen molar-refractivity contribution in [2.24, 2.45) is 0 Å². The summed E-state index contributed by atoms with van der Waals surface area (Å²) in [5, 5.41) is 13.8. The van der Waals surface area contributed by atoms with E-state index in [0.717, 1.165) is 12.1 Å². The highest BCUT2D eigenvalue weighted by atomic mass is 32.2. The Hall–Kier alpha value is -3.21. The van der Waals surface area contributed by atoms with Crippen molar-refractivity contribution in [3.05, 3.63) is 59.9 Å². The van der Waals surface area contributed by atoms with Crippen LogP contribution in [-0.2, 0) is 9.84 Å². The number of hydrogen-bond donors (Lipinski definition) is 1. The van der Waals surface area contributed by atoms with E-state index < -0.39 is 26.4 Å². The molecule has 0 fully saturated rings. The predicted molar refractivity (Wildman–Crippen MR) is 91.5 cm³/mol. The molecule has 0 saturated heterocycles. The summed E-state index contributed by atoms with van der Waals surface area (Å²) >= 11 is 0. The number of aryl methyl sites for hydroxylation is 1. The second-order valence-corrected chi connectivity index (χ2v) is 7.39. The third-order valence-corrected chi connectivity index (χ3v) is 5.05. The molecule has 0 radical (unpaired) electrons. The number of hydrogen-bond acceptors (Lipinski definition) is 6. The Morgan fingerprint density at radius 1 is 1.15 bits per heavy atom. The molecule has 0 spiro atoms. The van der Waals surface area contributed by atoms with Gasteiger partial charge in [0.25, 0.3) is 5.91 Å². The first-order chi connectivity index (χ1) is 12.8. The number of nitrogens with zero attached hydrogens (tertiary/aromatic N) is 4. The Balaban J connectivity index is 1.79. The Labute approximate surface area is 152 Å². The summed E-state index contributed by atoms with van der Waals surface area (Å²) in [5.41, 5.74) is 1.21. The quantitative estimate of drug-likeness (QED) is 0.712. The first kappa shape index (κ1) is 18.6. The third-order valence-electron chi connectivity index (χ3n) is 3.65. The fourth-order valence-corrected chi connectivity index (χ4v) is 3.01. The van der Waals surface area contributed by atoms with Gasteiger partial charge in [-0.3, -0.25) is 4.79 Å². The summed E-state index contributed by atoms with van der Waals surface area (Å²) < 4.78 is 49.4. The van der Waals surface area contributed by atoms with Gasteiger partial charge in [-0.05, 0) is 59.8 Å². The number of aromatic nitrogens is 4. The smallest absolute Gasteiger partial charge is 0.322 e. The molecule has 27 heavy (non-hydrogen) atoms. The van der Waals surface area contributed by atoms with Crippen molar-refractivity contribution in [3.8, 4) is 5.69 Å². The fraction of sp³-hybridized carbons (Fsp3) is 0.125. The van der Waals surface area contributed by atoms with Crippen LogP contribution in [0.3, 0.4) is 0 Å². The number of halogens is 2. The summed E-state index contributed by atoms with van der Waals surface area (Å²) in [6.07, 6.45) is 0. The van der Waals surface area contributed by atoms with E-state index in [0.29, 0.717) is 17.2 Å². The van der Waals surface area contributed by atoms with Gasteiger partial charge in [-0.25, -0.2) is 8.42 Å². The molecular weight excluding hydrogens is 380 g/mol. The summed E-state index contributed by atoms with van der Waals surface area (Å²) in [4.78, 5) is 11.8. The minimum Gasteiger partial charge on any atom is -0.322 e. The van der Waals surface area contributed by atoms with Crippen molar-refractivity contribution in [1.82, 2.24) is 20.2 Å². The Kier molecular flexibility index (Phi) is 4.95. The van der Waals surface area contributed by atoms with Gasteiger partial charge in [-0.1, -0.05) is 6.07 Å². The van der Waals surface area contributed by atoms with Gasteiger partial charge in [0.1, 0.15) is 0 Å². The standard InChI is InChI=1S/C16H13F2N5O3S/c1-10-20-21-22-23(10)13-4-2-3-12(9-13)19-15(24)11-5-7-14(8-6-11)27(25,26)16(17)18/h2-9,16H,1H3,(H,19,24). The van der Waals surface area contributed by atoms with Crippen LogP contribution in [0.4, 0.5) is 14.5 Å². The van der Waals surface area contributed by atoms with Crippen LogP contribution in [0.25, 0.3) is 5.69 Å². The minimum atomic E-state index is -4.70. The summed E-state index contributed by atoms with van der Waals surface area (Å²) in [6.45, 7) is 1.72. The first-order valence-corrected chi connectivity index (χ1v) is 9.12. The molecule has 0 unspecified atom stereocenters. The number of nitrogens with one attached hydrogen (secondary N) is 1. The maximum absolute atomic E-state index is 12.5. The average Bonchev–Trinajstić information content (AvgIpc) is 3.08. The summed E-state index contributed by atoms with van der Waals surface area (Å²) in [6, 6.07) is 11.0. The molecule has 3 aromatic rings. The van der Waals surface area contributed by atoms with E-state index >= 15 is 0 Å². The SMILES string of the molecule is Cc1nnnn1-c1cccc(NC(=O)c2ccc(S(=O)(=O)C(F)F)cc2)c1. The highest BCUT2D eigenvalue weighted by molar-refractivity contribution is 7.91. The van der Waals surface area contributed by atoms with Crippen LogP contribution in [0.1, 0.15) is 16.2 Å². The monoisotopic (exact) mass is 393 g/mol. The van der Waals surface area contributed by atoms with Crippen LogP contribution in [-0.4, -0.2) is 40.3 Å². The maximum Gasteiger partial charge on any atom is 0.341 e. The van der Waals surface area contributed by atoms with E-state index in [1.54, 1.807) is 31.2 Å². The number of carbonyl (C=O) groups excluding carboxylic acids is 1. The van der Waals surface area contributed by atoms with Crippen LogP contribution < -0.4 is 5.32 Å². The van der Waals surface area contributed by atoms with E-state index in [-0.39, 0.29) is 5.56 Å². The van der Waals surface area contributed by atoms with Crippen LogP contribution in [0.15, 0.2) is 53.4 Å². The van der Waals surface area contributed by atoms with Crippen LogP contribution >= 0.6 is 0 Å². The van der Waals surface area contributed by atoms with Crippen molar-refractivity contribution in [1.29, 1.82) is 0 Å². The lowest BCUT2D eigenvalue weighted by atomic mass is 10.2. The van der Waals surface area contributed by atoms with Gasteiger partial charge in [0, 0.05) is 11.3 Å². The van der Waals surface area contributed by atoms with Gasteiger partial charge in [-0.15, -0.1) is 5.10 Å². The molecule has 0 aliphatic heterocycles. The normalized spacial score (nSPS) is 11.6. The third kappa shape index (κ3) is 3.82.